The number of amides is 3. The number of para-hydroxylation sites is 1. The fraction of sp³-hybridized carbons (Fsp3) is 0.250. The van der Waals surface area contributed by atoms with Gasteiger partial charge in [-0.25, -0.2) is 4.79 Å². The Labute approximate surface area is 204 Å². The van der Waals surface area contributed by atoms with Gasteiger partial charge in [0, 0.05) is 29.9 Å². The van der Waals surface area contributed by atoms with Crippen molar-refractivity contribution < 1.29 is 19.5 Å². The first-order valence-corrected chi connectivity index (χ1v) is 11.8. The maximum Gasteiger partial charge on any atom is 0.331 e. The number of unbranched alkanes of at least 4 members (excludes halogenated alkanes) is 2. The maximum atomic E-state index is 13.8. The van der Waals surface area contributed by atoms with Crippen LogP contribution in [-0.2, 0) is 11.3 Å². The number of benzene rings is 3. The number of carbonyl (C=O) groups excluding carboxylic acids is 2. The molecule has 1 N–H and O–H groups in total. The Morgan fingerprint density at radius 3 is 2.31 bits per heavy atom. The predicted molar refractivity (Wildman–Crippen MR) is 138 cm³/mol. The van der Waals surface area contributed by atoms with Crippen LogP contribution in [-0.4, -0.2) is 46.1 Å². The molecular weight excluding hydrogens is 442 g/mol. The van der Waals surface area contributed by atoms with Crippen molar-refractivity contribution in [3.05, 3.63) is 78.5 Å². The number of carboxylic acid groups (broad SMARTS) is 1. The van der Waals surface area contributed by atoms with E-state index in [1.54, 1.807) is 23.1 Å². The molecule has 0 atom stereocenters. The van der Waals surface area contributed by atoms with Gasteiger partial charge in [0.2, 0.25) is 0 Å². The van der Waals surface area contributed by atoms with E-state index in [9.17, 15) is 19.5 Å². The molecule has 35 heavy (non-hydrogen) atoms. The Balaban J connectivity index is 1.72. The van der Waals surface area contributed by atoms with Crippen LogP contribution < -0.4 is 4.90 Å². The standard InChI is InChI=1S/C28H29N3O4/c1-3-4-9-17-30(24-16-10-13-20-11-5-7-14-22(20)24)28(35)29(2)27(34)25-18-21-12-6-8-15-23(21)31(25)19-26(32)33/h5-8,10-16,18H,3-4,9,17,19H2,1-2H3,(H,32,33). The van der Waals surface area contributed by atoms with Crippen LogP contribution in [0, 0.1) is 0 Å². The van der Waals surface area contributed by atoms with Crippen molar-refractivity contribution in [1.82, 2.24) is 9.47 Å². The molecule has 0 aliphatic carbocycles. The number of carbonyl (C=O) groups is 3. The van der Waals surface area contributed by atoms with Crippen LogP contribution in [0.5, 0.6) is 0 Å². The van der Waals surface area contributed by atoms with Crippen LogP contribution in [0.1, 0.15) is 36.7 Å². The van der Waals surface area contributed by atoms with E-state index in [-0.39, 0.29) is 12.2 Å². The Morgan fingerprint density at radius 1 is 0.886 bits per heavy atom. The van der Waals surface area contributed by atoms with Gasteiger partial charge in [0.15, 0.2) is 0 Å². The number of hydrogen-bond donors (Lipinski definition) is 1. The highest BCUT2D eigenvalue weighted by Gasteiger charge is 2.28. The zero-order valence-corrected chi connectivity index (χ0v) is 20.0. The summed E-state index contributed by atoms with van der Waals surface area (Å²) in [5.74, 6) is -1.61. The molecule has 3 aromatic carbocycles. The SMILES string of the molecule is CCCCCN(C(=O)N(C)C(=O)c1cc2ccccc2n1CC(=O)O)c1cccc2ccccc12. The van der Waals surface area contributed by atoms with E-state index in [0.717, 1.165) is 46.0 Å². The summed E-state index contributed by atoms with van der Waals surface area (Å²) in [4.78, 5) is 41.6. The quantitative estimate of drug-likeness (QED) is 0.331. The average molecular weight is 472 g/mol. The monoisotopic (exact) mass is 471 g/mol. The fourth-order valence-electron chi connectivity index (χ4n) is 4.42. The third-order valence-electron chi connectivity index (χ3n) is 6.19. The summed E-state index contributed by atoms with van der Waals surface area (Å²) in [7, 11) is 1.45. The van der Waals surface area contributed by atoms with Crippen molar-refractivity contribution in [2.75, 3.05) is 18.5 Å². The summed E-state index contributed by atoms with van der Waals surface area (Å²) in [6, 6.07) is 22.0. The third kappa shape index (κ3) is 4.89. The van der Waals surface area contributed by atoms with E-state index in [4.69, 9.17) is 0 Å². The number of imide groups is 1. The first-order chi connectivity index (χ1) is 16.9. The van der Waals surface area contributed by atoms with Crippen molar-refractivity contribution >= 4 is 45.3 Å². The van der Waals surface area contributed by atoms with Crippen LogP contribution in [0.3, 0.4) is 0 Å². The molecule has 4 rings (SSSR count). The van der Waals surface area contributed by atoms with E-state index < -0.39 is 17.9 Å². The molecule has 4 aromatic rings. The van der Waals surface area contributed by atoms with Crippen LogP contribution in [0.2, 0.25) is 0 Å². The maximum absolute atomic E-state index is 13.8. The molecule has 7 heteroatoms. The number of rotatable bonds is 8. The largest absolute Gasteiger partial charge is 0.480 e. The summed E-state index contributed by atoms with van der Waals surface area (Å²) in [5, 5.41) is 12.1. The number of carboxylic acids is 1. The Kier molecular flexibility index (Phi) is 7.15. The number of fused-ring (bicyclic) bond motifs is 2. The van der Waals surface area contributed by atoms with Crippen LogP contribution in [0.4, 0.5) is 10.5 Å². The third-order valence-corrected chi connectivity index (χ3v) is 6.19. The van der Waals surface area contributed by atoms with Gasteiger partial charge in [-0.05, 0) is 30.0 Å². The molecule has 0 bridgehead atoms. The molecule has 0 saturated carbocycles. The summed E-state index contributed by atoms with van der Waals surface area (Å²) < 4.78 is 1.45. The molecule has 1 aromatic heterocycles. The number of urea groups is 1. The lowest BCUT2D eigenvalue weighted by atomic mass is 10.1. The number of nitrogens with zero attached hydrogens (tertiary/aromatic N) is 3. The molecule has 180 valence electrons. The highest BCUT2D eigenvalue weighted by molar-refractivity contribution is 6.12. The minimum absolute atomic E-state index is 0.163. The van der Waals surface area contributed by atoms with Gasteiger partial charge in [-0.3, -0.25) is 19.4 Å². The van der Waals surface area contributed by atoms with Gasteiger partial charge in [-0.2, -0.15) is 0 Å². The van der Waals surface area contributed by atoms with Crippen LogP contribution in [0.15, 0.2) is 72.8 Å². The molecule has 1 heterocycles. The summed E-state index contributed by atoms with van der Waals surface area (Å²) in [6.07, 6.45) is 2.76. The minimum Gasteiger partial charge on any atom is -0.480 e. The highest BCUT2D eigenvalue weighted by atomic mass is 16.4. The molecule has 0 spiro atoms. The van der Waals surface area contributed by atoms with E-state index in [2.05, 4.69) is 6.92 Å². The molecule has 0 fully saturated rings. The van der Waals surface area contributed by atoms with Gasteiger partial charge in [0.05, 0.1) is 5.69 Å². The normalized spacial score (nSPS) is 11.0. The van der Waals surface area contributed by atoms with Crippen molar-refractivity contribution in [2.24, 2.45) is 0 Å². The van der Waals surface area contributed by atoms with Gasteiger partial charge in [-0.1, -0.05) is 74.4 Å². The van der Waals surface area contributed by atoms with Crippen LogP contribution in [0.25, 0.3) is 21.7 Å². The van der Waals surface area contributed by atoms with Gasteiger partial charge in [-0.15, -0.1) is 0 Å². The van der Waals surface area contributed by atoms with Gasteiger partial charge in [0.1, 0.15) is 12.2 Å². The van der Waals surface area contributed by atoms with Crippen molar-refractivity contribution in [2.45, 2.75) is 32.7 Å². The molecule has 0 saturated heterocycles. The second-order valence-electron chi connectivity index (χ2n) is 8.57. The number of aromatic nitrogens is 1. The zero-order chi connectivity index (χ0) is 24.9. The summed E-state index contributed by atoms with van der Waals surface area (Å²) in [5.41, 5.74) is 1.54. The fourth-order valence-corrected chi connectivity index (χ4v) is 4.42. The lowest BCUT2D eigenvalue weighted by molar-refractivity contribution is -0.137. The Hall–Kier alpha value is -4.13. The second kappa shape index (κ2) is 10.4. The zero-order valence-electron chi connectivity index (χ0n) is 20.0. The molecule has 0 aliphatic heterocycles. The van der Waals surface area contributed by atoms with Gasteiger partial charge >= 0.3 is 12.0 Å². The number of aliphatic carboxylic acids is 1. The van der Waals surface area contributed by atoms with Gasteiger partial charge < -0.3 is 9.67 Å². The van der Waals surface area contributed by atoms with Crippen molar-refractivity contribution in [3.63, 3.8) is 0 Å². The number of anilines is 1. The van der Waals surface area contributed by atoms with E-state index in [1.807, 2.05) is 54.6 Å². The van der Waals surface area contributed by atoms with Gasteiger partial charge in [0.25, 0.3) is 5.91 Å². The summed E-state index contributed by atoms with van der Waals surface area (Å²) in [6.45, 7) is 2.19. The van der Waals surface area contributed by atoms with Crippen molar-refractivity contribution in [3.8, 4) is 0 Å². The predicted octanol–water partition coefficient (Wildman–Crippen LogP) is 5.77. The minimum atomic E-state index is -1.06. The molecule has 0 radical (unpaired) electrons. The molecular formula is C28H29N3O4. The Bertz CT molecular complexity index is 1390. The smallest absolute Gasteiger partial charge is 0.331 e. The summed E-state index contributed by atoms with van der Waals surface area (Å²) >= 11 is 0. The van der Waals surface area contributed by atoms with E-state index >= 15 is 0 Å². The van der Waals surface area contributed by atoms with E-state index in [1.165, 1.54) is 11.6 Å². The molecule has 0 aliphatic rings. The van der Waals surface area contributed by atoms with Crippen molar-refractivity contribution in [1.29, 1.82) is 0 Å². The molecule has 3 amide bonds. The lowest BCUT2D eigenvalue weighted by Crippen LogP contribution is -2.45. The first-order valence-electron chi connectivity index (χ1n) is 11.8. The average Bonchev–Trinajstić information content (AvgIpc) is 3.23. The second-order valence-corrected chi connectivity index (χ2v) is 8.57. The highest BCUT2D eigenvalue weighted by Crippen LogP contribution is 2.29. The topological polar surface area (TPSA) is 82.9 Å². The Morgan fingerprint density at radius 2 is 1.57 bits per heavy atom. The first kappa shape index (κ1) is 24.0. The molecule has 7 nitrogen and oxygen atoms in total. The number of hydrogen-bond acceptors (Lipinski definition) is 3. The lowest BCUT2D eigenvalue weighted by Gasteiger charge is -2.28. The van der Waals surface area contributed by atoms with E-state index in [0.29, 0.717) is 12.1 Å². The van der Waals surface area contributed by atoms with Crippen LogP contribution >= 0.6 is 0 Å². The molecule has 0 unspecified atom stereocenters.